The molecule has 0 amide bonds. The van der Waals surface area contributed by atoms with E-state index >= 15 is 0 Å². The number of fused-ring (bicyclic) bond motifs is 1. The molecule has 1 aromatic heterocycles. The second kappa shape index (κ2) is 4.97. The molecule has 0 saturated carbocycles. The number of H-pyrrole nitrogens is 1. The molecule has 20 heavy (non-hydrogen) atoms. The van der Waals surface area contributed by atoms with Crippen LogP contribution in [-0.2, 0) is 12.8 Å². The lowest BCUT2D eigenvalue weighted by atomic mass is 9.81. The molecule has 1 aliphatic carbocycles. The normalized spacial score (nSPS) is 17.3. The topological polar surface area (TPSA) is 56.6 Å². The molecule has 0 radical (unpaired) electrons. The van der Waals surface area contributed by atoms with Gasteiger partial charge in [-0.1, -0.05) is 37.3 Å². The van der Waals surface area contributed by atoms with Gasteiger partial charge in [0.05, 0.1) is 5.69 Å². The Morgan fingerprint density at radius 1 is 1.25 bits per heavy atom. The van der Waals surface area contributed by atoms with Crippen molar-refractivity contribution in [2.45, 2.75) is 26.2 Å². The smallest absolute Gasteiger partial charge is 0.266 e. The number of benzene rings is 1. The first-order valence-electron chi connectivity index (χ1n) is 6.94. The minimum Gasteiger partial charge on any atom is -0.321 e. The van der Waals surface area contributed by atoms with E-state index < -0.39 is 0 Å². The van der Waals surface area contributed by atoms with E-state index in [1.165, 1.54) is 0 Å². The average Bonchev–Trinajstić information content (AvgIpc) is 2.48. The third-order valence-corrected chi connectivity index (χ3v) is 4.05. The molecular weight excluding hydrogens is 248 g/mol. The number of nitriles is 1. The maximum atomic E-state index is 12.1. The lowest BCUT2D eigenvalue weighted by molar-refractivity contribution is 0.499. The van der Waals surface area contributed by atoms with Crippen molar-refractivity contribution in [1.29, 1.82) is 5.26 Å². The molecule has 3 heteroatoms. The number of hydrogen-bond acceptors (Lipinski definition) is 2. The van der Waals surface area contributed by atoms with Gasteiger partial charge >= 0.3 is 0 Å². The number of nitrogens with zero attached hydrogens (tertiary/aromatic N) is 1. The van der Waals surface area contributed by atoms with Crippen LogP contribution < -0.4 is 5.56 Å². The first-order valence-corrected chi connectivity index (χ1v) is 6.94. The molecular formula is C17H16N2O. The predicted molar refractivity (Wildman–Crippen MR) is 78.4 cm³/mol. The minimum atomic E-state index is -0.264. The summed E-state index contributed by atoms with van der Waals surface area (Å²) in [6.45, 7) is 2.22. The van der Waals surface area contributed by atoms with Crippen LogP contribution in [0.5, 0.6) is 0 Å². The average molecular weight is 264 g/mol. The highest BCUT2D eigenvalue weighted by molar-refractivity contribution is 5.66. The second-order valence-corrected chi connectivity index (χ2v) is 5.49. The van der Waals surface area contributed by atoms with Crippen molar-refractivity contribution >= 4 is 0 Å². The Morgan fingerprint density at radius 3 is 2.70 bits per heavy atom. The Bertz CT molecular complexity index is 738. The summed E-state index contributed by atoms with van der Waals surface area (Å²) >= 11 is 0. The lowest BCUT2D eigenvalue weighted by Crippen LogP contribution is -2.22. The fraction of sp³-hybridized carbons (Fsp3) is 0.294. The Balaban J connectivity index is 2.29. The molecule has 0 bridgehead atoms. The highest BCUT2D eigenvalue weighted by Crippen LogP contribution is 2.32. The minimum absolute atomic E-state index is 0.264. The summed E-state index contributed by atoms with van der Waals surface area (Å²) in [5.41, 5.74) is 4.03. The van der Waals surface area contributed by atoms with Crippen molar-refractivity contribution in [2.24, 2.45) is 5.92 Å². The van der Waals surface area contributed by atoms with Crippen LogP contribution in [0.15, 0.2) is 35.1 Å². The number of nitrogens with one attached hydrogen (secondary N) is 1. The summed E-state index contributed by atoms with van der Waals surface area (Å²) in [7, 11) is 0. The van der Waals surface area contributed by atoms with Gasteiger partial charge in [0.2, 0.25) is 0 Å². The molecule has 0 spiro atoms. The Kier molecular flexibility index (Phi) is 3.15. The van der Waals surface area contributed by atoms with E-state index in [-0.39, 0.29) is 5.56 Å². The zero-order valence-electron chi connectivity index (χ0n) is 11.4. The van der Waals surface area contributed by atoms with Gasteiger partial charge in [-0.05, 0) is 41.9 Å². The summed E-state index contributed by atoms with van der Waals surface area (Å²) in [4.78, 5) is 15.0. The summed E-state index contributed by atoms with van der Waals surface area (Å²) in [5.74, 6) is 0.586. The van der Waals surface area contributed by atoms with E-state index in [0.717, 1.165) is 41.6 Å². The van der Waals surface area contributed by atoms with Crippen LogP contribution in [0.1, 0.15) is 30.0 Å². The largest absolute Gasteiger partial charge is 0.321 e. The van der Waals surface area contributed by atoms with Gasteiger partial charge in [0.25, 0.3) is 5.56 Å². The second-order valence-electron chi connectivity index (χ2n) is 5.49. The maximum absolute atomic E-state index is 12.1. The van der Waals surface area contributed by atoms with Crippen molar-refractivity contribution in [2.75, 3.05) is 0 Å². The van der Waals surface area contributed by atoms with Crippen molar-refractivity contribution in [3.63, 3.8) is 0 Å². The van der Waals surface area contributed by atoms with Crippen LogP contribution in [0.4, 0.5) is 0 Å². The molecule has 3 rings (SSSR count). The molecule has 1 atom stereocenters. The van der Waals surface area contributed by atoms with Gasteiger partial charge < -0.3 is 4.98 Å². The Hall–Kier alpha value is -2.34. The summed E-state index contributed by atoms with van der Waals surface area (Å²) in [6.07, 6.45) is 2.79. The monoisotopic (exact) mass is 264 g/mol. The molecule has 1 N–H and O–H groups in total. The van der Waals surface area contributed by atoms with Gasteiger partial charge in [0.15, 0.2) is 0 Å². The van der Waals surface area contributed by atoms with E-state index in [1.54, 1.807) is 0 Å². The van der Waals surface area contributed by atoms with Gasteiger partial charge in [-0.15, -0.1) is 0 Å². The predicted octanol–water partition coefficient (Wildman–Crippen LogP) is 3.04. The third-order valence-electron chi connectivity index (χ3n) is 4.05. The first kappa shape index (κ1) is 12.7. The van der Waals surface area contributed by atoms with Gasteiger partial charge in [-0.25, -0.2) is 0 Å². The van der Waals surface area contributed by atoms with Gasteiger partial charge in [0, 0.05) is 0 Å². The highest BCUT2D eigenvalue weighted by atomic mass is 16.1. The van der Waals surface area contributed by atoms with E-state index in [0.29, 0.717) is 11.5 Å². The quantitative estimate of drug-likeness (QED) is 0.860. The molecule has 1 aromatic carbocycles. The van der Waals surface area contributed by atoms with Crippen LogP contribution in [0, 0.1) is 17.2 Å². The van der Waals surface area contributed by atoms with Crippen LogP contribution in [0.3, 0.4) is 0 Å². The zero-order chi connectivity index (χ0) is 14.1. The van der Waals surface area contributed by atoms with Crippen LogP contribution in [-0.4, -0.2) is 4.98 Å². The van der Waals surface area contributed by atoms with Crippen LogP contribution in [0.25, 0.3) is 11.3 Å². The van der Waals surface area contributed by atoms with E-state index in [9.17, 15) is 10.1 Å². The lowest BCUT2D eigenvalue weighted by Gasteiger charge is -2.24. The Labute approximate surface area is 117 Å². The van der Waals surface area contributed by atoms with E-state index in [4.69, 9.17) is 0 Å². The molecule has 0 aliphatic heterocycles. The first-order chi connectivity index (χ1) is 9.70. The van der Waals surface area contributed by atoms with Crippen LogP contribution in [0.2, 0.25) is 0 Å². The summed E-state index contributed by atoms with van der Waals surface area (Å²) in [5, 5.41) is 9.23. The van der Waals surface area contributed by atoms with Crippen molar-refractivity contribution < 1.29 is 0 Å². The molecule has 0 unspecified atom stereocenters. The fourth-order valence-electron chi connectivity index (χ4n) is 3.00. The third kappa shape index (κ3) is 2.04. The molecule has 100 valence electrons. The number of aromatic amines is 1. The SMILES string of the molecule is C[C@H]1CCc2c(c(-c3ccccc3)[nH]c(=O)c2C#N)C1. The molecule has 0 saturated heterocycles. The highest BCUT2D eigenvalue weighted by Gasteiger charge is 2.24. The van der Waals surface area contributed by atoms with E-state index in [2.05, 4.69) is 18.0 Å². The van der Waals surface area contributed by atoms with Gasteiger partial charge in [-0.3, -0.25) is 4.79 Å². The standard InChI is InChI=1S/C17H16N2O/c1-11-7-8-13-14(9-11)16(12-5-3-2-4-6-12)19-17(20)15(13)10-18/h2-6,11H,7-9H2,1H3,(H,19,20)/t11-/m0/s1. The molecule has 1 aliphatic rings. The van der Waals surface area contributed by atoms with E-state index in [1.807, 2.05) is 30.3 Å². The maximum Gasteiger partial charge on any atom is 0.266 e. The molecule has 1 heterocycles. The molecule has 0 fully saturated rings. The zero-order valence-corrected chi connectivity index (χ0v) is 11.4. The van der Waals surface area contributed by atoms with Crippen LogP contribution >= 0.6 is 0 Å². The molecule has 3 nitrogen and oxygen atoms in total. The molecule has 2 aromatic rings. The van der Waals surface area contributed by atoms with Gasteiger partial charge in [0.1, 0.15) is 11.6 Å². The number of aromatic nitrogens is 1. The Morgan fingerprint density at radius 2 is 2.00 bits per heavy atom. The van der Waals surface area contributed by atoms with Gasteiger partial charge in [-0.2, -0.15) is 5.26 Å². The summed E-state index contributed by atoms with van der Waals surface area (Å²) < 4.78 is 0. The van der Waals surface area contributed by atoms with Crippen molar-refractivity contribution in [3.05, 3.63) is 57.4 Å². The van der Waals surface area contributed by atoms with Crippen molar-refractivity contribution in [3.8, 4) is 17.3 Å². The summed E-state index contributed by atoms with van der Waals surface area (Å²) in [6, 6.07) is 12.0. The number of hydrogen-bond donors (Lipinski definition) is 1. The van der Waals surface area contributed by atoms with Crippen molar-refractivity contribution in [1.82, 2.24) is 4.98 Å². The number of rotatable bonds is 1. The number of pyridine rings is 1. The fourth-order valence-corrected chi connectivity index (χ4v) is 3.00.